The molecule has 1 saturated carbocycles. The lowest BCUT2D eigenvalue weighted by molar-refractivity contribution is -0.129. The number of hydrogen-bond acceptors (Lipinski definition) is 6. The summed E-state index contributed by atoms with van der Waals surface area (Å²) in [6.45, 7) is 0.329. The number of rotatable bonds is 7. The van der Waals surface area contributed by atoms with Crippen LogP contribution in [0.4, 0.5) is 0 Å². The second-order valence-electron chi connectivity index (χ2n) is 6.58. The molecule has 0 spiro atoms. The molecule has 0 aromatic carbocycles. The number of carbonyl (C=O) groups excluding carboxylic acids is 2. The normalized spacial score (nSPS) is 26.0. The predicted molar refractivity (Wildman–Crippen MR) is 88.6 cm³/mol. The number of aliphatic hydroxyl groups excluding tert-OH is 1. The molecule has 0 radical (unpaired) electrons. The van der Waals surface area contributed by atoms with Crippen molar-refractivity contribution in [3.05, 3.63) is 24.3 Å². The fourth-order valence-corrected chi connectivity index (χ4v) is 3.01. The van der Waals surface area contributed by atoms with Gasteiger partial charge in [-0.1, -0.05) is 0 Å². The standard InChI is InChI=1S/C17H24N4O4/c22-10-15-13(21-16(23)11-1-2-11)4-3-12(25-15)5-6-20-17(24)14-9-18-7-8-19-14/h7-9,11-13,15,22H,1-6,10H2,(H,20,24)(H,21,23)/t12-,13+,15-/m1/s1. The first-order valence-electron chi connectivity index (χ1n) is 8.78. The first kappa shape index (κ1) is 17.8. The Kier molecular flexibility index (Phi) is 5.93. The van der Waals surface area contributed by atoms with Gasteiger partial charge in [-0.05, 0) is 32.1 Å². The molecular weight excluding hydrogens is 324 g/mol. The zero-order valence-corrected chi connectivity index (χ0v) is 14.1. The van der Waals surface area contributed by atoms with Crippen LogP contribution < -0.4 is 10.6 Å². The van der Waals surface area contributed by atoms with Gasteiger partial charge in [0.15, 0.2) is 0 Å². The zero-order chi connectivity index (χ0) is 17.6. The third-order valence-electron chi connectivity index (χ3n) is 4.62. The molecule has 2 amide bonds. The van der Waals surface area contributed by atoms with E-state index in [1.54, 1.807) is 0 Å². The van der Waals surface area contributed by atoms with Crippen LogP contribution in [0.5, 0.6) is 0 Å². The van der Waals surface area contributed by atoms with E-state index in [0.717, 1.165) is 25.7 Å². The van der Waals surface area contributed by atoms with Crippen LogP contribution in [-0.2, 0) is 9.53 Å². The number of hydrogen-bond donors (Lipinski definition) is 3. The summed E-state index contributed by atoms with van der Waals surface area (Å²) in [5, 5.41) is 15.3. The van der Waals surface area contributed by atoms with Gasteiger partial charge < -0.3 is 20.5 Å². The van der Waals surface area contributed by atoms with Gasteiger partial charge in [-0.3, -0.25) is 14.6 Å². The highest BCUT2D eigenvalue weighted by atomic mass is 16.5. The van der Waals surface area contributed by atoms with Crippen LogP contribution in [0.3, 0.4) is 0 Å². The van der Waals surface area contributed by atoms with Crippen molar-refractivity contribution in [2.45, 2.75) is 50.4 Å². The van der Waals surface area contributed by atoms with Crippen molar-refractivity contribution in [1.82, 2.24) is 20.6 Å². The summed E-state index contributed by atoms with van der Waals surface area (Å²) in [4.78, 5) is 31.6. The van der Waals surface area contributed by atoms with Gasteiger partial charge in [0.2, 0.25) is 5.91 Å². The van der Waals surface area contributed by atoms with E-state index in [0.29, 0.717) is 13.0 Å². The van der Waals surface area contributed by atoms with Crippen molar-refractivity contribution in [3.63, 3.8) is 0 Å². The molecule has 2 aliphatic rings. The molecule has 2 fully saturated rings. The Hall–Kier alpha value is -2.06. The van der Waals surface area contributed by atoms with Gasteiger partial charge >= 0.3 is 0 Å². The Morgan fingerprint density at radius 1 is 1.24 bits per heavy atom. The Balaban J connectivity index is 1.40. The van der Waals surface area contributed by atoms with E-state index in [4.69, 9.17) is 4.74 Å². The van der Waals surface area contributed by atoms with Gasteiger partial charge in [0, 0.05) is 24.9 Å². The first-order valence-corrected chi connectivity index (χ1v) is 8.78. The summed E-state index contributed by atoms with van der Waals surface area (Å²) in [5.41, 5.74) is 0.281. The van der Waals surface area contributed by atoms with E-state index in [1.165, 1.54) is 18.6 Å². The molecule has 3 rings (SSSR count). The molecule has 8 nitrogen and oxygen atoms in total. The van der Waals surface area contributed by atoms with Gasteiger partial charge in [-0.2, -0.15) is 0 Å². The molecule has 3 atom stereocenters. The third kappa shape index (κ3) is 4.96. The highest BCUT2D eigenvalue weighted by Crippen LogP contribution is 2.30. The first-order chi connectivity index (χ1) is 12.2. The number of aromatic nitrogens is 2. The molecule has 0 unspecified atom stereocenters. The quantitative estimate of drug-likeness (QED) is 0.641. The van der Waals surface area contributed by atoms with Gasteiger partial charge in [-0.25, -0.2) is 4.98 Å². The molecule has 2 heterocycles. The summed E-state index contributed by atoms with van der Waals surface area (Å²) >= 11 is 0. The summed E-state index contributed by atoms with van der Waals surface area (Å²) in [7, 11) is 0. The van der Waals surface area contributed by atoms with E-state index in [2.05, 4.69) is 20.6 Å². The smallest absolute Gasteiger partial charge is 0.271 e. The molecular formula is C17H24N4O4. The molecule has 8 heteroatoms. The number of ether oxygens (including phenoxy) is 1. The Morgan fingerprint density at radius 2 is 2.08 bits per heavy atom. The average molecular weight is 348 g/mol. The maximum atomic E-state index is 11.9. The molecule has 1 aliphatic heterocycles. The monoisotopic (exact) mass is 348 g/mol. The molecule has 1 aliphatic carbocycles. The zero-order valence-electron chi connectivity index (χ0n) is 14.1. The Morgan fingerprint density at radius 3 is 2.76 bits per heavy atom. The van der Waals surface area contributed by atoms with Crippen LogP contribution in [0.15, 0.2) is 18.6 Å². The van der Waals surface area contributed by atoms with Gasteiger partial charge in [-0.15, -0.1) is 0 Å². The minimum Gasteiger partial charge on any atom is -0.394 e. The minimum atomic E-state index is -0.392. The lowest BCUT2D eigenvalue weighted by atomic mass is 9.97. The highest BCUT2D eigenvalue weighted by molar-refractivity contribution is 5.91. The lowest BCUT2D eigenvalue weighted by Crippen LogP contribution is -2.51. The predicted octanol–water partition coefficient (Wildman–Crippen LogP) is 0.0312. The largest absolute Gasteiger partial charge is 0.394 e. The molecule has 1 aromatic rings. The lowest BCUT2D eigenvalue weighted by Gasteiger charge is -2.36. The average Bonchev–Trinajstić information content (AvgIpc) is 3.48. The third-order valence-corrected chi connectivity index (χ3v) is 4.62. The fraction of sp³-hybridized carbons (Fsp3) is 0.647. The number of carbonyl (C=O) groups is 2. The summed E-state index contributed by atoms with van der Waals surface area (Å²) < 4.78 is 5.89. The highest BCUT2D eigenvalue weighted by Gasteiger charge is 2.36. The topological polar surface area (TPSA) is 113 Å². The summed E-state index contributed by atoms with van der Waals surface area (Å²) in [6, 6.07) is -0.136. The van der Waals surface area contributed by atoms with Gasteiger partial charge in [0.05, 0.1) is 24.9 Å². The number of nitrogens with zero attached hydrogens (tertiary/aromatic N) is 2. The van der Waals surface area contributed by atoms with Crippen LogP contribution in [-0.4, -0.2) is 58.3 Å². The maximum absolute atomic E-state index is 11.9. The number of aliphatic hydroxyl groups is 1. The van der Waals surface area contributed by atoms with Crippen LogP contribution in [0.2, 0.25) is 0 Å². The summed E-state index contributed by atoms with van der Waals surface area (Å²) in [6.07, 6.45) is 8.08. The van der Waals surface area contributed by atoms with E-state index in [9.17, 15) is 14.7 Å². The van der Waals surface area contributed by atoms with Gasteiger partial charge in [0.1, 0.15) is 11.8 Å². The van der Waals surface area contributed by atoms with Crippen LogP contribution >= 0.6 is 0 Å². The van der Waals surface area contributed by atoms with Crippen LogP contribution in [0.1, 0.15) is 42.6 Å². The Bertz CT molecular complexity index is 594. The summed E-state index contributed by atoms with van der Waals surface area (Å²) in [5.74, 6) is -0.0488. The molecule has 25 heavy (non-hydrogen) atoms. The van der Waals surface area contributed by atoms with E-state index in [1.807, 2.05) is 0 Å². The minimum absolute atomic E-state index is 0.0478. The number of amides is 2. The SMILES string of the molecule is O=C(NCC[C@H]1CC[C@H](NC(=O)C2CC2)[C@@H](CO)O1)c1cnccn1. The second kappa shape index (κ2) is 8.35. The molecule has 136 valence electrons. The number of nitrogens with one attached hydrogen (secondary N) is 2. The maximum Gasteiger partial charge on any atom is 0.271 e. The molecule has 1 aromatic heterocycles. The van der Waals surface area contributed by atoms with Crippen molar-refractivity contribution < 1.29 is 19.4 Å². The van der Waals surface area contributed by atoms with Crippen LogP contribution in [0, 0.1) is 5.92 Å². The van der Waals surface area contributed by atoms with Crippen molar-refractivity contribution in [2.24, 2.45) is 5.92 Å². The van der Waals surface area contributed by atoms with E-state index < -0.39 is 6.10 Å². The Labute approximate surface area is 146 Å². The molecule has 3 N–H and O–H groups in total. The van der Waals surface area contributed by atoms with Crippen molar-refractivity contribution in [2.75, 3.05) is 13.2 Å². The van der Waals surface area contributed by atoms with E-state index >= 15 is 0 Å². The van der Waals surface area contributed by atoms with Crippen molar-refractivity contribution >= 4 is 11.8 Å². The molecule has 0 bridgehead atoms. The van der Waals surface area contributed by atoms with Crippen LogP contribution in [0.25, 0.3) is 0 Å². The second-order valence-corrected chi connectivity index (χ2v) is 6.58. The molecule has 1 saturated heterocycles. The van der Waals surface area contributed by atoms with Crippen molar-refractivity contribution in [3.8, 4) is 0 Å². The van der Waals surface area contributed by atoms with E-state index in [-0.39, 0.29) is 42.2 Å². The fourth-order valence-electron chi connectivity index (χ4n) is 3.01. The van der Waals surface area contributed by atoms with Gasteiger partial charge in [0.25, 0.3) is 5.91 Å². The van der Waals surface area contributed by atoms with Crippen molar-refractivity contribution in [1.29, 1.82) is 0 Å².